The number of hydrogen-bond donors (Lipinski definition) is 0. The van der Waals surface area contributed by atoms with Crippen LogP contribution in [0, 0.1) is 0 Å². The SMILES string of the molecule is CCC(F)(F)C1(F)CC1F. The highest BCUT2D eigenvalue weighted by atomic mass is 19.3. The fraction of sp³-hybridized carbons (Fsp3) is 1.00. The van der Waals surface area contributed by atoms with Crippen LogP contribution in [-0.2, 0) is 0 Å². The molecule has 0 nitrogen and oxygen atoms in total. The van der Waals surface area contributed by atoms with Gasteiger partial charge in [0.2, 0.25) is 5.67 Å². The van der Waals surface area contributed by atoms with Crippen molar-refractivity contribution in [1.82, 2.24) is 0 Å². The molecule has 0 radical (unpaired) electrons. The fourth-order valence-electron chi connectivity index (χ4n) is 0.874. The number of halogens is 4. The molecule has 0 aliphatic heterocycles. The highest BCUT2D eigenvalue weighted by Crippen LogP contribution is 2.54. The zero-order valence-electron chi connectivity index (χ0n) is 5.50. The highest BCUT2D eigenvalue weighted by Gasteiger charge is 2.71. The Morgan fingerprint density at radius 2 is 2.00 bits per heavy atom. The molecule has 0 aromatic rings. The topological polar surface area (TPSA) is 0 Å². The summed E-state index contributed by atoms with van der Waals surface area (Å²) in [6.45, 7) is 1.15. The summed E-state index contributed by atoms with van der Waals surface area (Å²) in [4.78, 5) is 0. The van der Waals surface area contributed by atoms with E-state index in [2.05, 4.69) is 0 Å². The third kappa shape index (κ3) is 0.812. The normalized spacial score (nSPS) is 39.9. The Morgan fingerprint density at radius 1 is 1.60 bits per heavy atom. The van der Waals surface area contributed by atoms with Gasteiger partial charge in [-0.1, -0.05) is 6.92 Å². The molecule has 0 spiro atoms. The molecule has 0 amide bonds. The van der Waals surface area contributed by atoms with Crippen LogP contribution in [0.2, 0.25) is 0 Å². The summed E-state index contributed by atoms with van der Waals surface area (Å²) in [5.41, 5.74) is -2.85. The van der Waals surface area contributed by atoms with Gasteiger partial charge >= 0.3 is 0 Å². The molecule has 60 valence electrons. The lowest BCUT2D eigenvalue weighted by atomic mass is 10.1. The average Bonchev–Trinajstić information content (AvgIpc) is 2.43. The maximum absolute atomic E-state index is 12.5. The van der Waals surface area contributed by atoms with Crippen molar-refractivity contribution < 1.29 is 17.6 Å². The van der Waals surface area contributed by atoms with E-state index in [1.54, 1.807) is 0 Å². The lowest BCUT2D eigenvalue weighted by Gasteiger charge is -2.17. The lowest BCUT2D eigenvalue weighted by molar-refractivity contribution is -0.0981. The first-order valence-corrected chi connectivity index (χ1v) is 3.15. The van der Waals surface area contributed by atoms with Crippen LogP contribution in [0.5, 0.6) is 0 Å². The Kier molecular flexibility index (Phi) is 1.45. The highest BCUT2D eigenvalue weighted by molar-refractivity contribution is 5.13. The maximum Gasteiger partial charge on any atom is 0.284 e. The molecule has 0 aromatic heterocycles. The van der Waals surface area contributed by atoms with Gasteiger partial charge in [0.1, 0.15) is 6.17 Å². The van der Waals surface area contributed by atoms with Crippen molar-refractivity contribution in [3.63, 3.8) is 0 Å². The van der Waals surface area contributed by atoms with E-state index < -0.39 is 30.6 Å². The molecular weight excluding hydrogens is 148 g/mol. The molecule has 1 aliphatic rings. The molecule has 1 fully saturated rings. The van der Waals surface area contributed by atoms with Crippen LogP contribution in [0.1, 0.15) is 19.8 Å². The first-order valence-electron chi connectivity index (χ1n) is 3.15. The van der Waals surface area contributed by atoms with E-state index in [1.807, 2.05) is 0 Å². The van der Waals surface area contributed by atoms with E-state index in [-0.39, 0.29) is 0 Å². The summed E-state index contributed by atoms with van der Waals surface area (Å²) in [6.07, 6.45) is -3.24. The summed E-state index contributed by atoms with van der Waals surface area (Å²) in [6, 6.07) is 0. The van der Waals surface area contributed by atoms with Gasteiger partial charge in [0.15, 0.2) is 0 Å². The zero-order chi connectivity index (χ0) is 7.99. The summed E-state index contributed by atoms with van der Waals surface area (Å²) >= 11 is 0. The molecular formula is C6H8F4. The van der Waals surface area contributed by atoms with E-state index in [9.17, 15) is 17.6 Å². The Balaban J connectivity index is 2.65. The maximum atomic E-state index is 12.5. The van der Waals surface area contributed by atoms with E-state index in [4.69, 9.17) is 0 Å². The second-order valence-corrected chi connectivity index (χ2v) is 2.59. The molecule has 2 unspecified atom stereocenters. The third-order valence-corrected chi connectivity index (χ3v) is 1.86. The molecule has 0 heterocycles. The summed E-state index contributed by atoms with van der Waals surface area (Å²) in [7, 11) is 0. The average molecular weight is 156 g/mol. The molecule has 10 heavy (non-hydrogen) atoms. The van der Waals surface area contributed by atoms with E-state index in [0.29, 0.717) is 0 Å². The van der Waals surface area contributed by atoms with Crippen LogP contribution < -0.4 is 0 Å². The van der Waals surface area contributed by atoms with Crippen LogP contribution in [0.4, 0.5) is 17.6 Å². The van der Waals surface area contributed by atoms with Crippen molar-refractivity contribution in [3.8, 4) is 0 Å². The number of rotatable bonds is 2. The smallest absolute Gasteiger partial charge is 0.244 e. The van der Waals surface area contributed by atoms with Crippen molar-refractivity contribution in [2.24, 2.45) is 0 Å². The van der Waals surface area contributed by atoms with Crippen LogP contribution in [0.3, 0.4) is 0 Å². The molecule has 4 heteroatoms. The summed E-state index contributed by atoms with van der Waals surface area (Å²) in [5, 5.41) is 0. The van der Waals surface area contributed by atoms with Gasteiger partial charge in [-0.25, -0.2) is 17.6 Å². The second kappa shape index (κ2) is 1.86. The minimum absolute atomic E-state index is 0.635. The molecule has 1 rings (SSSR count). The Morgan fingerprint density at radius 3 is 2.10 bits per heavy atom. The largest absolute Gasteiger partial charge is 0.284 e. The first kappa shape index (κ1) is 7.82. The minimum atomic E-state index is -3.48. The van der Waals surface area contributed by atoms with Gasteiger partial charge < -0.3 is 0 Å². The molecule has 0 saturated heterocycles. The standard InChI is InChI=1S/C6H8F4/c1-2-6(9,10)5(8)3-4(5)7/h4H,2-3H2,1H3. The van der Waals surface area contributed by atoms with E-state index in [0.717, 1.165) is 6.92 Å². The van der Waals surface area contributed by atoms with Crippen LogP contribution in [0.25, 0.3) is 0 Å². The third-order valence-electron chi connectivity index (χ3n) is 1.86. The van der Waals surface area contributed by atoms with Crippen LogP contribution in [-0.4, -0.2) is 17.8 Å². The van der Waals surface area contributed by atoms with Crippen molar-refractivity contribution in [1.29, 1.82) is 0 Å². The van der Waals surface area contributed by atoms with Gasteiger partial charge in [-0.15, -0.1) is 0 Å². The predicted octanol–water partition coefficient (Wildman–Crippen LogP) is 2.48. The Hall–Kier alpha value is -0.280. The Labute approximate surface area is 56.2 Å². The minimum Gasteiger partial charge on any atom is -0.244 e. The molecule has 2 atom stereocenters. The molecule has 1 aliphatic carbocycles. The van der Waals surface area contributed by atoms with E-state index >= 15 is 0 Å². The molecule has 0 aromatic carbocycles. The number of alkyl halides is 4. The zero-order valence-corrected chi connectivity index (χ0v) is 5.50. The van der Waals surface area contributed by atoms with Crippen LogP contribution >= 0.6 is 0 Å². The van der Waals surface area contributed by atoms with Crippen molar-refractivity contribution in [2.45, 2.75) is 37.5 Å². The van der Waals surface area contributed by atoms with Crippen LogP contribution in [0.15, 0.2) is 0 Å². The van der Waals surface area contributed by atoms with Crippen molar-refractivity contribution >= 4 is 0 Å². The first-order chi connectivity index (χ1) is 4.44. The molecule has 0 N–H and O–H groups in total. The summed E-state index contributed by atoms with van der Waals surface area (Å²) in [5.74, 6) is -3.48. The second-order valence-electron chi connectivity index (χ2n) is 2.59. The Bertz CT molecular complexity index is 137. The van der Waals surface area contributed by atoms with Crippen molar-refractivity contribution in [2.75, 3.05) is 0 Å². The fourth-order valence-corrected chi connectivity index (χ4v) is 0.874. The monoisotopic (exact) mass is 156 g/mol. The van der Waals surface area contributed by atoms with Crippen molar-refractivity contribution in [3.05, 3.63) is 0 Å². The van der Waals surface area contributed by atoms with Gasteiger partial charge in [0, 0.05) is 12.8 Å². The lowest BCUT2D eigenvalue weighted by Crippen LogP contribution is -2.33. The van der Waals surface area contributed by atoms with Gasteiger partial charge in [-0.3, -0.25) is 0 Å². The van der Waals surface area contributed by atoms with Gasteiger partial charge in [-0.05, 0) is 0 Å². The van der Waals surface area contributed by atoms with Gasteiger partial charge in [-0.2, -0.15) is 0 Å². The summed E-state index contributed by atoms with van der Waals surface area (Å²) < 4.78 is 49.2. The van der Waals surface area contributed by atoms with Gasteiger partial charge in [0.05, 0.1) is 0 Å². The number of hydrogen-bond acceptors (Lipinski definition) is 0. The predicted molar refractivity (Wildman–Crippen MR) is 28.6 cm³/mol. The molecule has 1 saturated carbocycles. The molecule has 0 bridgehead atoms. The quantitative estimate of drug-likeness (QED) is 0.539. The van der Waals surface area contributed by atoms with E-state index in [1.165, 1.54) is 0 Å². The van der Waals surface area contributed by atoms with Gasteiger partial charge in [0.25, 0.3) is 5.92 Å².